The third-order valence-corrected chi connectivity index (χ3v) is 15.6. The van der Waals surface area contributed by atoms with Crippen LogP contribution in [-0.4, -0.2) is 35.1 Å². The largest absolute Gasteiger partial charge is 0.481 e. The molecule has 8 heteroatoms. The van der Waals surface area contributed by atoms with Gasteiger partial charge in [-0.1, -0.05) is 52.8 Å². The molecule has 5 aliphatic rings. The summed E-state index contributed by atoms with van der Waals surface area (Å²) in [6.45, 7) is 21.2. The molecule has 1 aromatic rings. The number of fused-ring (bicyclic) bond motifs is 7. The van der Waals surface area contributed by atoms with Gasteiger partial charge in [0.2, 0.25) is 0 Å². The molecule has 1 aromatic carbocycles. The van der Waals surface area contributed by atoms with Crippen LogP contribution in [-0.2, 0) is 23.9 Å². The average molecular weight is 703 g/mol. The van der Waals surface area contributed by atoms with Crippen LogP contribution in [0.25, 0.3) is 6.08 Å². The molecule has 5 aliphatic carbocycles. The standard InChI is InChI=1S/C43H58O8/c1-25(2)29-16-21-43(38(47)48)23-22-41(8)30(37(29)43)12-14-34-40(7)19-18-35(39(5,6)33(40)17-20-42(34,41)9)51-36(46)15-11-28-10-13-31(49-26(3)44)32(24-28)50-27(4)45/h10-11,13,15,24,29-30,33-35,37H,1,12,14,16-23H2,2-9H3,(H,47,48)/b15-11+/t29-,30?,33?,34?,35-,37?,40-,41+,42+,43-/m0/s1. The van der Waals surface area contributed by atoms with Gasteiger partial charge >= 0.3 is 23.9 Å². The SMILES string of the molecule is C=C(C)[C@@H]1CC[C@]2(C(=O)O)CC[C@]3(C)C(CCC4[C@@]5(C)CC[C@H](OC(=O)/C=C/c6ccc(OC(C)=O)c(OC(C)=O)c6)C(C)(C)C5CC[C@]43C)C12. The Labute approximate surface area is 303 Å². The topological polar surface area (TPSA) is 116 Å². The Bertz CT molecular complexity index is 1660. The molecule has 10 atom stereocenters. The van der Waals surface area contributed by atoms with E-state index in [1.165, 1.54) is 26.0 Å². The van der Waals surface area contributed by atoms with Crippen molar-refractivity contribution in [1.82, 2.24) is 0 Å². The lowest BCUT2D eigenvalue weighted by molar-refractivity contribution is -0.250. The zero-order valence-electron chi connectivity index (χ0n) is 31.9. The van der Waals surface area contributed by atoms with Crippen LogP contribution in [0.4, 0.5) is 0 Å². The van der Waals surface area contributed by atoms with Crippen LogP contribution >= 0.6 is 0 Å². The van der Waals surface area contributed by atoms with E-state index >= 15 is 0 Å². The molecule has 6 rings (SSSR count). The van der Waals surface area contributed by atoms with Crippen molar-refractivity contribution < 1.29 is 38.5 Å². The summed E-state index contributed by atoms with van der Waals surface area (Å²) in [5.41, 5.74) is 1.16. The van der Waals surface area contributed by atoms with Crippen LogP contribution in [0, 0.1) is 56.7 Å². The molecule has 0 saturated heterocycles. The van der Waals surface area contributed by atoms with Crippen molar-refractivity contribution in [3.05, 3.63) is 42.0 Å². The Morgan fingerprint density at radius 1 is 0.784 bits per heavy atom. The lowest BCUT2D eigenvalue weighted by Gasteiger charge is -2.72. The molecule has 5 saturated carbocycles. The van der Waals surface area contributed by atoms with Crippen molar-refractivity contribution in [2.45, 2.75) is 126 Å². The highest BCUT2D eigenvalue weighted by molar-refractivity contribution is 5.87. The summed E-state index contributed by atoms with van der Waals surface area (Å²) in [5.74, 6) is -0.139. The molecule has 51 heavy (non-hydrogen) atoms. The van der Waals surface area contributed by atoms with E-state index < -0.39 is 29.3 Å². The predicted molar refractivity (Wildman–Crippen MR) is 195 cm³/mol. The minimum absolute atomic E-state index is 0.0650. The van der Waals surface area contributed by atoms with Crippen molar-refractivity contribution in [2.75, 3.05) is 0 Å². The number of carboxylic acids is 1. The van der Waals surface area contributed by atoms with Gasteiger partial charge in [-0.05, 0) is 141 Å². The highest BCUT2D eigenvalue weighted by Gasteiger charge is 2.72. The van der Waals surface area contributed by atoms with Crippen LogP contribution in [0.1, 0.15) is 125 Å². The molecule has 0 amide bonds. The normalized spacial score (nSPS) is 39.5. The number of rotatable bonds is 7. The van der Waals surface area contributed by atoms with Gasteiger partial charge in [0, 0.05) is 25.3 Å². The van der Waals surface area contributed by atoms with Crippen LogP contribution < -0.4 is 9.47 Å². The van der Waals surface area contributed by atoms with E-state index in [-0.39, 0.29) is 51.1 Å². The zero-order chi connectivity index (χ0) is 37.3. The van der Waals surface area contributed by atoms with E-state index in [4.69, 9.17) is 14.2 Å². The number of hydrogen-bond donors (Lipinski definition) is 1. The first kappa shape index (κ1) is 37.3. The lowest BCUT2D eigenvalue weighted by atomic mass is 9.32. The van der Waals surface area contributed by atoms with Crippen LogP contribution in [0.3, 0.4) is 0 Å². The van der Waals surface area contributed by atoms with Gasteiger partial charge in [-0.15, -0.1) is 0 Å². The smallest absolute Gasteiger partial charge is 0.331 e. The van der Waals surface area contributed by atoms with E-state index in [2.05, 4.69) is 48.1 Å². The van der Waals surface area contributed by atoms with Gasteiger partial charge in [-0.3, -0.25) is 14.4 Å². The van der Waals surface area contributed by atoms with Gasteiger partial charge in [-0.25, -0.2) is 4.79 Å². The molecule has 0 spiro atoms. The number of carboxylic acid groups (broad SMARTS) is 1. The summed E-state index contributed by atoms with van der Waals surface area (Å²) in [6, 6.07) is 4.76. The number of benzene rings is 1. The summed E-state index contributed by atoms with van der Waals surface area (Å²) in [4.78, 5) is 49.4. The Hall–Kier alpha value is -3.42. The molecule has 0 heterocycles. The maximum absolute atomic E-state index is 13.3. The van der Waals surface area contributed by atoms with Crippen molar-refractivity contribution >= 4 is 30.0 Å². The summed E-state index contributed by atoms with van der Waals surface area (Å²) in [7, 11) is 0. The Kier molecular flexibility index (Phi) is 9.45. The summed E-state index contributed by atoms with van der Waals surface area (Å²) < 4.78 is 16.6. The summed E-state index contributed by atoms with van der Waals surface area (Å²) in [6.07, 6.45) is 12.4. The zero-order valence-corrected chi connectivity index (χ0v) is 31.9. The van der Waals surface area contributed by atoms with Crippen molar-refractivity contribution in [3.63, 3.8) is 0 Å². The second kappa shape index (κ2) is 12.9. The third-order valence-electron chi connectivity index (χ3n) is 15.6. The van der Waals surface area contributed by atoms with Gasteiger partial charge in [0.25, 0.3) is 0 Å². The van der Waals surface area contributed by atoms with Crippen molar-refractivity contribution in [3.8, 4) is 11.5 Å². The molecular formula is C43H58O8. The summed E-state index contributed by atoms with van der Waals surface area (Å²) in [5, 5.41) is 10.7. The van der Waals surface area contributed by atoms with Gasteiger partial charge < -0.3 is 19.3 Å². The van der Waals surface area contributed by atoms with Crippen LogP contribution in [0.15, 0.2) is 36.4 Å². The molecule has 0 aliphatic heterocycles. The maximum Gasteiger partial charge on any atom is 0.331 e. The minimum atomic E-state index is -0.617. The second-order valence-corrected chi connectivity index (χ2v) is 18.2. The fraction of sp³-hybridized carbons (Fsp3) is 0.674. The molecule has 0 bridgehead atoms. The maximum atomic E-state index is 13.3. The first-order valence-electron chi connectivity index (χ1n) is 19.1. The highest BCUT2D eigenvalue weighted by atomic mass is 16.6. The molecule has 278 valence electrons. The quantitative estimate of drug-likeness (QED) is 0.129. The van der Waals surface area contributed by atoms with E-state index in [9.17, 15) is 24.3 Å². The Balaban J connectivity index is 1.19. The molecule has 5 fully saturated rings. The molecular weight excluding hydrogens is 644 g/mol. The minimum Gasteiger partial charge on any atom is -0.481 e. The number of ether oxygens (including phenoxy) is 3. The fourth-order valence-electron chi connectivity index (χ4n) is 13.1. The summed E-state index contributed by atoms with van der Waals surface area (Å²) >= 11 is 0. The number of carbonyl (C=O) groups is 4. The average Bonchev–Trinajstić information content (AvgIpc) is 3.44. The van der Waals surface area contributed by atoms with Crippen molar-refractivity contribution in [2.24, 2.45) is 56.7 Å². The van der Waals surface area contributed by atoms with Crippen LogP contribution in [0.5, 0.6) is 11.5 Å². The lowest BCUT2D eigenvalue weighted by Crippen LogP contribution is -2.67. The first-order chi connectivity index (χ1) is 23.8. The Morgan fingerprint density at radius 3 is 2.12 bits per heavy atom. The molecule has 1 N–H and O–H groups in total. The number of allylic oxidation sites excluding steroid dienone is 1. The van der Waals surface area contributed by atoms with Crippen LogP contribution in [0.2, 0.25) is 0 Å². The monoisotopic (exact) mass is 702 g/mol. The molecule has 4 unspecified atom stereocenters. The first-order valence-corrected chi connectivity index (χ1v) is 19.1. The number of aliphatic carboxylic acids is 1. The third kappa shape index (κ3) is 5.87. The predicted octanol–water partition coefficient (Wildman–Crippen LogP) is 9.20. The van der Waals surface area contributed by atoms with Gasteiger partial charge in [0.1, 0.15) is 6.10 Å². The van der Waals surface area contributed by atoms with E-state index in [0.29, 0.717) is 23.3 Å². The number of hydrogen-bond acceptors (Lipinski definition) is 7. The molecule has 0 aromatic heterocycles. The number of carbonyl (C=O) groups excluding carboxylic acids is 3. The highest BCUT2D eigenvalue weighted by Crippen LogP contribution is 2.77. The van der Waals surface area contributed by atoms with E-state index in [1.54, 1.807) is 18.2 Å². The van der Waals surface area contributed by atoms with Gasteiger partial charge in [-0.2, -0.15) is 0 Å². The fourth-order valence-corrected chi connectivity index (χ4v) is 13.1. The van der Waals surface area contributed by atoms with Gasteiger partial charge in [0.05, 0.1) is 5.41 Å². The molecule has 8 nitrogen and oxygen atoms in total. The molecule has 0 radical (unpaired) electrons. The Morgan fingerprint density at radius 2 is 1.47 bits per heavy atom. The van der Waals surface area contributed by atoms with Crippen molar-refractivity contribution in [1.29, 1.82) is 0 Å². The van der Waals surface area contributed by atoms with E-state index in [0.717, 1.165) is 69.8 Å². The van der Waals surface area contributed by atoms with Gasteiger partial charge in [0.15, 0.2) is 11.5 Å². The number of esters is 3. The second-order valence-electron chi connectivity index (χ2n) is 18.2. The van der Waals surface area contributed by atoms with E-state index in [1.807, 2.05) is 0 Å².